The third-order valence-electron chi connectivity index (χ3n) is 7.06. The zero-order valence-corrected chi connectivity index (χ0v) is 21.0. The number of amides is 2. The summed E-state index contributed by atoms with van der Waals surface area (Å²) in [5, 5.41) is 17.2. The number of anilines is 1. The highest BCUT2D eigenvalue weighted by molar-refractivity contribution is 6.01. The highest BCUT2D eigenvalue weighted by atomic mass is 19.1. The number of halogens is 1. The van der Waals surface area contributed by atoms with Crippen LogP contribution in [0, 0.1) is 19.7 Å². The van der Waals surface area contributed by atoms with Crippen molar-refractivity contribution in [1.29, 1.82) is 0 Å². The summed E-state index contributed by atoms with van der Waals surface area (Å²) >= 11 is 0. The molecule has 2 amide bonds. The van der Waals surface area contributed by atoms with Gasteiger partial charge in [-0.2, -0.15) is 10.2 Å². The van der Waals surface area contributed by atoms with Gasteiger partial charge in [-0.25, -0.2) is 4.39 Å². The van der Waals surface area contributed by atoms with Crippen molar-refractivity contribution in [2.75, 3.05) is 5.32 Å². The first kappa shape index (κ1) is 24.4. The van der Waals surface area contributed by atoms with Gasteiger partial charge in [-0.05, 0) is 80.1 Å². The van der Waals surface area contributed by atoms with E-state index in [1.807, 2.05) is 38.1 Å². The van der Waals surface area contributed by atoms with Crippen LogP contribution in [0.15, 0.2) is 54.7 Å². The number of aromatic amines is 1. The first-order valence-electron chi connectivity index (χ1n) is 12.3. The summed E-state index contributed by atoms with van der Waals surface area (Å²) in [7, 11) is 1.67. The van der Waals surface area contributed by atoms with Crippen LogP contribution in [0.1, 0.15) is 51.8 Å². The average Bonchev–Trinajstić information content (AvgIpc) is 3.46. The molecule has 9 heteroatoms. The Kier molecular flexibility index (Phi) is 6.60. The fraction of sp³-hybridized carbons (Fsp3) is 0.286. The van der Waals surface area contributed by atoms with Crippen molar-refractivity contribution < 1.29 is 14.0 Å². The van der Waals surface area contributed by atoms with Gasteiger partial charge in [-0.1, -0.05) is 18.2 Å². The van der Waals surface area contributed by atoms with Crippen molar-refractivity contribution in [3.05, 3.63) is 88.8 Å². The molecule has 0 bridgehead atoms. The summed E-state index contributed by atoms with van der Waals surface area (Å²) in [6.07, 6.45) is 3.76. The topological polar surface area (TPSA) is 105 Å². The zero-order chi connectivity index (χ0) is 26.1. The van der Waals surface area contributed by atoms with Crippen molar-refractivity contribution in [2.45, 2.75) is 45.1 Å². The van der Waals surface area contributed by atoms with Gasteiger partial charge in [0.1, 0.15) is 17.6 Å². The van der Waals surface area contributed by atoms with Crippen molar-refractivity contribution in [3.63, 3.8) is 0 Å². The maximum Gasteiger partial charge on any atom is 0.270 e. The standard InChI is InChI=1S/C28H29FN6O2/c1-16-25(17(2)34-33-16)18-7-10-21(11-8-18)31-28(37)26(32-27(36)24-13-14-30-35(24)3)23-6-4-5-19-15-20(29)9-12-22(19)23/h7-15,23,26H,4-6H2,1-3H3,(H,31,37)(H,32,36)(H,33,34)/t23-,26-/m0/s1. The Morgan fingerprint density at radius 3 is 2.59 bits per heavy atom. The number of carbonyl (C=O) groups excluding carboxylic acids is 2. The predicted octanol–water partition coefficient (Wildman–Crippen LogP) is 4.42. The van der Waals surface area contributed by atoms with Gasteiger partial charge < -0.3 is 10.6 Å². The number of hydrogen-bond donors (Lipinski definition) is 3. The Balaban J connectivity index is 1.43. The Hall–Kier alpha value is -4.27. The van der Waals surface area contributed by atoms with Crippen molar-refractivity contribution in [2.24, 2.45) is 7.05 Å². The molecule has 2 atom stereocenters. The van der Waals surface area contributed by atoms with Crippen molar-refractivity contribution in [1.82, 2.24) is 25.3 Å². The molecule has 1 aliphatic rings. The van der Waals surface area contributed by atoms with E-state index in [0.717, 1.165) is 46.5 Å². The lowest BCUT2D eigenvalue weighted by Crippen LogP contribution is -2.48. The number of rotatable bonds is 6. The molecule has 2 aromatic heterocycles. The molecule has 0 aliphatic heterocycles. The second-order valence-corrected chi connectivity index (χ2v) is 9.51. The first-order valence-corrected chi connectivity index (χ1v) is 12.3. The van der Waals surface area contributed by atoms with Crippen LogP contribution in [0.5, 0.6) is 0 Å². The largest absolute Gasteiger partial charge is 0.338 e. The van der Waals surface area contributed by atoms with Crippen LogP contribution in [0.3, 0.4) is 0 Å². The molecular weight excluding hydrogens is 471 g/mol. The summed E-state index contributed by atoms with van der Waals surface area (Å²) in [6.45, 7) is 3.91. The number of aryl methyl sites for hydroxylation is 4. The Morgan fingerprint density at radius 1 is 1.14 bits per heavy atom. The molecule has 3 N–H and O–H groups in total. The van der Waals surface area contributed by atoms with E-state index in [2.05, 4.69) is 25.9 Å². The molecule has 8 nitrogen and oxygen atoms in total. The number of H-pyrrole nitrogens is 1. The highest BCUT2D eigenvalue weighted by Crippen LogP contribution is 2.35. The Labute approximate surface area is 214 Å². The van der Waals surface area contributed by atoms with Crippen molar-refractivity contribution in [3.8, 4) is 11.1 Å². The predicted molar refractivity (Wildman–Crippen MR) is 139 cm³/mol. The van der Waals surface area contributed by atoms with Gasteiger partial charge in [0, 0.05) is 36.1 Å². The van der Waals surface area contributed by atoms with Crippen LogP contribution in [0.4, 0.5) is 10.1 Å². The summed E-state index contributed by atoms with van der Waals surface area (Å²) in [4.78, 5) is 26.8. The van der Waals surface area contributed by atoms with Crippen LogP contribution in [0.2, 0.25) is 0 Å². The lowest BCUT2D eigenvalue weighted by atomic mass is 9.78. The quantitative estimate of drug-likeness (QED) is 0.364. The van der Waals surface area contributed by atoms with E-state index >= 15 is 0 Å². The molecule has 0 fully saturated rings. The summed E-state index contributed by atoms with van der Waals surface area (Å²) in [5.74, 6) is -1.32. The third-order valence-corrected chi connectivity index (χ3v) is 7.06. The smallest absolute Gasteiger partial charge is 0.270 e. The maximum atomic E-state index is 13.9. The van der Waals surface area contributed by atoms with Crippen molar-refractivity contribution >= 4 is 17.5 Å². The molecule has 4 aromatic rings. The van der Waals surface area contributed by atoms with Crippen LogP contribution < -0.4 is 10.6 Å². The molecule has 1 aliphatic carbocycles. The van der Waals surface area contributed by atoms with E-state index in [4.69, 9.17) is 0 Å². The van der Waals surface area contributed by atoms with Gasteiger partial charge in [0.05, 0.1) is 5.69 Å². The number of aromatic nitrogens is 4. The fourth-order valence-corrected chi connectivity index (χ4v) is 5.24. The molecule has 190 valence electrons. The first-order chi connectivity index (χ1) is 17.8. The minimum Gasteiger partial charge on any atom is -0.338 e. The van der Waals surface area contributed by atoms with Gasteiger partial charge in [-0.3, -0.25) is 19.4 Å². The Bertz CT molecular complexity index is 1440. The van der Waals surface area contributed by atoms with Crippen LogP contribution >= 0.6 is 0 Å². The summed E-state index contributed by atoms with van der Waals surface area (Å²) in [5.41, 5.74) is 6.62. The number of nitrogens with zero attached hydrogens (tertiary/aromatic N) is 3. The average molecular weight is 501 g/mol. The second-order valence-electron chi connectivity index (χ2n) is 9.51. The number of benzene rings is 2. The molecule has 5 rings (SSSR count). The van der Waals surface area contributed by atoms with Crippen LogP contribution in [-0.4, -0.2) is 37.8 Å². The highest BCUT2D eigenvalue weighted by Gasteiger charge is 2.35. The van der Waals surface area contributed by atoms with E-state index in [1.54, 1.807) is 19.2 Å². The number of carbonyl (C=O) groups is 2. The number of nitrogens with one attached hydrogen (secondary N) is 3. The molecule has 0 unspecified atom stereocenters. The summed E-state index contributed by atoms with van der Waals surface area (Å²) < 4.78 is 15.4. The van der Waals surface area contributed by atoms with Gasteiger partial charge in [0.2, 0.25) is 5.91 Å². The monoisotopic (exact) mass is 500 g/mol. The van der Waals surface area contributed by atoms with E-state index in [1.165, 1.54) is 23.0 Å². The minimum atomic E-state index is -0.857. The molecule has 0 saturated carbocycles. The molecular formula is C28H29FN6O2. The molecule has 0 radical (unpaired) electrons. The number of hydrogen-bond acceptors (Lipinski definition) is 4. The number of fused-ring (bicyclic) bond motifs is 1. The van der Waals surface area contributed by atoms with Crippen LogP contribution in [0.25, 0.3) is 11.1 Å². The SMILES string of the molecule is Cc1n[nH]c(C)c1-c1ccc(NC(=O)[C@@H](NC(=O)c2ccnn2C)[C@H]2CCCc3cc(F)ccc32)cc1. The van der Waals surface area contributed by atoms with Gasteiger partial charge >= 0.3 is 0 Å². The second kappa shape index (κ2) is 10.0. The molecule has 2 heterocycles. The zero-order valence-electron chi connectivity index (χ0n) is 21.0. The van der Waals surface area contributed by atoms with E-state index in [9.17, 15) is 14.0 Å². The molecule has 0 saturated heterocycles. The molecule has 0 spiro atoms. The van der Waals surface area contributed by atoms with E-state index in [0.29, 0.717) is 17.8 Å². The molecule has 2 aromatic carbocycles. The molecule has 37 heavy (non-hydrogen) atoms. The van der Waals surface area contributed by atoms with Gasteiger partial charge in [-0.15, -0.1) is 0 Å². The normalized spacial score (nSPS) is 15.6. The Morgan fingerprint density at radius 2 is 1.92 bits per heavy atom. The fourth-order valence-electron chi connectivity index (χ4n) is 5.24. The summed E-state index contributed by atoms with van der Waals surface area (Å²) in [6, 6.07) is 13.0. The van der Waals surface area contributed by atoms with Gasteiger partial charge in [0.15, 0.2) is 0 Å². The van der Waals surface area contributed by atoms with E-state index in [-0.39, 0.29) is 17.6 Å². The third kappa shape index (κ3) is 4.89. The maximum absolute atomic E-state index is 13.9. The lowest BCUT2D eigenvalue weighted by molar-refractivity contribution is -0.118. The van der Waals surface area contributed by atoms with E-state index < -0.39 is 11.9 Å². The van der Waals surface area contributed by atoms with Crippen LogP contribution in [-0.2, 0) is 18.3 Å². The van der Waals surface area contributed by atoms with Gasteiger partial charge in [0.25, 0.3) is 5.91 Å². The lowest BCUT2D eigenvalue weighted by Gasteiger charge is -2.32. The minimum absolute atomic E-state index is 0.294.